The van der Waals surface area contributed by atoms with E-state index in [1.807, 2.05) is 17.6 Å². The largest absolute Gasteiger partial charge is 0.399 e. The van der Waals surface area contributed by atoms with Gasteiger partial charge in [-0.1, -0.05) is 12.1 Å². The first kappa shape index (κ1) is 13.1. The third-order valence-corrected chi connectivity index (χ3v) is 4.11. The SMILES string of the molecule is Cc1ncsc1CN(C)Cc1cccc(N)c1C. The van der Waals surface area contributed by atoms with Gasteiger partial charge in [-0.15, -0.1) is 11.3 Å². The number of nitrogens with two attached hydrogens (primary N) is 1. The fourth-order valence-corrected chi connectivity index (χ4v) is 2.80. The lowest BCUT2D eigenvalue weighted by Gasteiger charge is -2.18. The van der Waals surface area contributed by atoms with E-state index in [0.29, 0.717) is 0 Å². The molecule has 0 fully saturated rings. The Bertz CT molecular complexity index is 534. The number of thiazole rings is 1. The molecular weight excluding hydrogens is 242 g/mol. The van der Waals surface area contributed by atoms with E-state index < -0.39 is 0 Å². The van der Waals surface area contributed by atoms with Crippen molar-refractivity contribution in [2.45, 2.75) is 26.9 Å². The van der Waals surface area contributed by atoms with Gasteiger partial charge in [-0.25, -0.2) is 4.98 Å². The fourth-order valence-electron chi connectivity index (χ4n) is 1.94. The van der Waals surface area contributed by atoms with E-state index in [1.165, 1.54) is 16.0 Å². The number of nitrogen functional groups attached to an aromatic ring is 1. The van der Waals surface area contributed by atoms with Crippen molar-refractivity contribution in [3.8, 4) is 0 Å². The van der Waals surface area contributed by atoms with E-state index in [-0.39, 0.29) is 0 Å². The Balaban J connectivity index is 2.05. The Morgan fingerprint density at radius 2 is 2.06 bits per heavy atom. The third kappa shape index (κ3) is 2.89. The van der Waals surface area contributed by atoms with Gasteiger partial charge in [0.15, 0.2) is 0 Å². The van der Waals surface area contributed by atoms with Crippen LogP contribution in [0.1, 0.15) is 21.7 Å². The maximum Gasteiger partial charge on any atom is 0.0798 e. The Hall–Kier alpha value is -1.39. The van der Waals surface area contributed by atoms with Crippen molar-refractivity contribution < 1.29 is 0 Å². The number of hydrogen-bond donors (Lipinski definition) is 1. The van der Waals surface area contributed by atoms with Crippen LogP contribution in [-0.4, -0.2) is 16.9 Å². The van der Waals surface area contributed by atoms with Crippen LogP contribution in [0.3, 0.4) is 0 Å². The molecule has 0 saturated heterocycles. The Morgan fingerprint density at radius 3 is 2.72 bits per heavy atom. The van der Waals surface area contributed by atoms with Gasteiger partial charge in [-0.3, -0.25) is 4.90 Å². The Morgan fingerprint density at radius 1 is 1.28 bits per heavy atom. The van der Waals surface area contributed by atoms with Crippen LogP contribution in [0.15, 0.2) is 23.7 Å². The number of anilines is 1. The molecule has 96 valence electrons. The molecule has 1 aromatic carbocycles. The minimum atomic E-state index is 0.870. The van der Waals surface area contributed by atoms with Crippen molar-refractivity contribution in [2.24, 2.45) is 0 Å². The molecule has 1 heterocycles. The second-order valence-electron chi connectivity index (χ2n) is 4.66. The molecule has 0 amide bonds. The van der Waals surface area contributed by atoms with Gasteiger partial charge >= 0.3 is 0 Å². The quantitative estimate of drug-likeness (QED) is 0.860. The summed E-state index contributed by atoms with van der Waals surface area (Å²) in [4.78, 5) is 7.91. The smallest absolute Gasteiger partial charge is 0.0798 e. The summed E-state index contributed by atoms with van der Waals surface area (Å²) >= 11 is 1.72. The molecular formula is C14H19N3S. The zero-order chi connectivity index (χ0) is 13.1. The van der Waals surface area contributed by atoms with Crippen molar-refractivity contribution in [2.75, 3.05) is 12.8 Å². The molecule has 0 unspecified atom stereocenters. The average molecular weight is 261 g/mol. The second kappa shape index (κ2) is 5.50. The third-order valence-electron chi connectivity index (χ3n) is 3.19. The van der Waals surface area contributed by atoms with Crippen LogP contribution in [0.25, 0.3) is 0 Å². The monoisotopic (exact) mass is 261 g/mol. The highest BCUT2D eigenvalue weighted by atomic mass is 32.1. The second-order valence-corrected chi connectivity index (χ2v) is 5.60. The molecule has 0 spiro atoms. The van der Waals surface area contributed by atoms with Crippen LogP contribution in [0.2, 0.25) is 0 Å². The normalized spacial score (nSPS) is 11.1. The van der Waals surface area contributed by atoms with Crippen LogP contribution in [0, 0.1) is 13.8 Å². The summed E-state index contributed by atoms with van der Waals surface area (Å²) in [6.45, 7) is 5.99. The molecule has 3 nitrogen and oxygen atoms in total. The number of hydrogen-bond acceptors (Lipinski definition) is 4. The Labute approximate surface area is 112 Å². The minimum Gasteiger partial charge on any atom is -0.399 e. The summed E-state index contributed by atoms with van der Waals surface area (Å²) in [6.07, 6.45) is 0. The van der Waals surface area contributed by atoms with Crippen LogP contribution in [-0.2, 0) is 13.1 Å². The van der Waals surface area contributed by atoms with Crippen molar-refractivity contribution in [1.29, 1.82) is 0 Å². The van der Waals surface area contributed by atoms with E-state index in [0.717, 1.165) is 24.5 Å². The van der Waals surface area contributed by atoms with Gasteiger partial charge in [-0.2, -0.15) is 0 Å². The minimum absolute atomic E-state index is 0.870. The molecule has 1 aromatic heterocycles. The lowest BCUT2D eigenvalue weighted by molar-refractivity contribution is 0.320. The van der Waals surface area contributed by atoms with Crippen LogP contribution >= 0.6 is 11.3 Å². The summed E-state index contributed by atoms with van der Waals surface area (Å²) in [5.74, 6) is 0. The van der Waals surface area contributed by atoms with Gasteiger partial charge in [0.05, 0.1) is 11.2 Å². The zero-order valence-electron chi connectivity index (χ0n) is 11.1. The van der Waals surface area contributed by atoms with E-state index in [4.69, 9.17) is 5.73 Å². The van der Waals surface area contributed by atoms with Gasteiger partial charge in [0, 0.05) is 23.7 Å². The maximum atomic E-state index is 5.93. The molecule has 2 rings (SSSR count). The predicted octanol–water partition coefficient (Wildman–Crippen LogP) is 2.97. The topological polar surface area (TPSA) is 42.2 Å². The van der Waals surface area contributed by atoms with Gasteiger partial charge < -0.3 is 5.73 Å². The number of aryl methyl sites for hydroxylation is 1. The van der Waals surface area contributed by atoms with E-state index in [2.05, 4.69) is 36.8 Å². The zero-order valence-corrected chi connectivity index (χ0v) is 11.9. The molecule has 18 heavy (non-hydrogen) atoms. The first-order valence-electron chi connectivity index (χ1n) is 5.99. The van der Waals surface area contributed by atoms with Crippen molar-refractivity contribution in [3.63, 3.8) is 0 Å². The van der Waals surface area contributed by atoms with Crippen LogP contribution in [0.5, 0.6) is 0 Å². The predicted molar refractivity (Wildman–Crippen MR) is 77.6 cm³/mol. The maximum absolute atomic E-state index is 5.93. The summed E-state index contributed by atoms with van der Waals surface area (Å²) in [5, 5.41) is 0. The molecule has 2 N–H and O–H groups in total. The first-order chi connectivity index (χ1) is 8.58. The molecule has 4 heteroatoms. The van der Waals surface area contributed by atoms with Gasteiger partial charge in [-0.05, 0) is 38.1 Å². The van der Waals surface area contributed by atoms with Gasteiger partial charge in [0.2, 0.25) is 0 Å². The van der Waals surface area contributed by atoms with E-state index >= 15 is 0 Å². The molecule has 2 aromatic rings. The van der Waals surface area contributed by atoms with Crippen molar-refractivity contribution in [3.05, 3.63) is 45.4 Å². The highest BCUT2D eigenvalue weighted by Gasteiger charge is 2.08. The number of rotatable bonds is 4. The lowest BCUT2D eigenvalue weighted by atomic mass is 10.1. The lowest BCUT2D eigenvalue weighted by Crippen LogP contribution is -2.18. The van der Waals surface area contributed by atoms with E-state index in [9.17, 15) is 0 Å². The van der Waals surface area contributed by atoms with Crippen LogP contribution in [0.4, 0.5) is 5.69 Å². The molecule has 0 saturated carbocycles. The number of nitrogens with zero attached hydrogens (tertiary/aromatic N) is 2. The standard InChI is InChI=1S/C14H19N3S/c1-10-12(5-4-6-13(10)15)7-17(3)8-14-11(2)16-9-18-14/h4-6,9H,7-8,15H2,1-3H3. The molecule has 0 aliphatic carbocycles. The molecule has 0 aliphatic rings. The summed E-state index contributed by atoms with van der Waals surface area (Å²) in [5.41, 5.74) is 12.3. The highest BCUT2D eigenvalue weighted by molar-refractivity contribution is 7.09. The average Bonchev–Trinajstić information content (AvgIpc) is 2.71. The molecule has 0 aliphatic heterocycles. The van der Waals surface area contributed by atoms with E-state index in [1.54, 1.807) is 11.3 Å². The Kier molecular flexibility index (Phi) is 3.99. The van der Waals surface area contributed by atoms with Gasteiger partial charge in [0.1, 0.15) is 0 Å². The summed E-state index contributed by atoms with van der Waals surface area (Å²) < 4.78 is 0. The summed E-state index contributed by atoms with van der Waals surface area (Å²) in [7, 11) is 2.13. The molecule has 0 atom stereocenters. The highest BCUT2D eigenvalue weighted by Crippen LogP contribution is 2.19. The first-order valence-corrected chi connectivity index (χ1v) is 6.87. The van der Waals surface area contributed by atoms with Gasteiger partial charge in [0.25, 0.3) is 0 Å². The van der Waals surface area contributed by atoms with Crippen molar-refractivity contribution in [1.82, 2.24) is 9.88 Å². The van der Waals surface area contributed by atoms with Crippen molar-refractivity contribution >= 4 is 17.0 Å². The summed E-state index contributed by atoms with van der Waals surface area (Å²) in [6, 6.07) is 6.11. The number of benzene rings is 1. The van der Waals surface area contributed by atoms with Crippen LogP contribution < -0.4 is 5.73 Å². The molecule has 0 bridgehead atoms. The molecule has 0 radical (unpaired) electrons. The fraction of sp³-hybridized carbons (Fsp3) is 0.357. The number of aromatic nitrogens is 1.